The number of carbonyl (C=O) groups excluding carboxylic acids is 1. The number of carbonyl (C=O) groups is 1. The van der Waals surface area contributed by atoms with Crippen molar-refractivity contribution in [3.05, 3.63) is 70.0 Å². The third-order valence-electron chi connectivity index (χ3n) is 6.48. The smallest absolute Gasteiger partial charge is 0.340 e. The van der Waals surface area contributed by atoms with E-state index in [4.69, 9.17) is 0 Å². The number of nitrogens with zero attached hydrogens (tertiary/aromatic N) is 1. The van der Waals surface area contributed by atoms with Gasteiger partial charge in [0, 0.05) is 26.1 Å². The topological polar surface area (TPSA) is 32.3 Å². The first kappa shape index (κ1) is 26.0. The first-order valence-electron chi connectivity index (χ1n) is 10.6. The third kappa shape index (κ3) is 5.06. The number of alkyl halides is 6. The lowest BCUT2D eigenvalue weighted by Crippen LogP contribution is -2.49. The largest absolute Gasteiger partial charge is 0.416 e. The van der Waals surface area contributed by atoms with Gasteiger partial charge in [-0.2, -0.15) is 26.3 Å². The summed E-state index contributed by atoms with van der Waals surface area (Å²) in [6.07, 6.45) is -10.0. The third-order valence-corrected chi connectivity index (χ3v) is 6.48. The van der Waals surface area contributed by atoms with Crippen LogP contribution in [0.4, 0.5) is 30.7 Å². The summed E-state index contributed by atoms with van der Waals surface area (Å²) in [6, 6.07) is 5.11. The van der Waals surface area contributed by atoms with E-state index in [1.807, 2.05) is 0 Å². The highest BCUT2D eigenvalue weighted by Crippen LogP contribution is 2.40. The van der Waals surface area contributed by atoms with Crippen LogP contribution in [0, 0.1) is 12.7 Å². The molecule has 1 aliphatic heterocycles. The Morgan fingerprint density at radius 1 is 0.912 bits per heavy atom. The standard InChI is InChI=1S/C24H25F7N2O/c1-13-7-17(25)5-6-18(13)19-11-32-12-20(19)33(4)21(34)22(2,3)14-8-15(23(26,27)28)10-16(9-14)24(29,30)31/h5-10,19-20,32H,11-12H2,1-4H3/t19-,20+/m0/s1. The normalized spacial score (nSPS) is 19.4. The molecule has 0 aromatic heterocycles. The molecule has 1 aliphatic rings. The Bertz CT molecular complexity index is 1040. The number of nitrogens with one attached hydrogen (secondary N) is 1. The van der Waals surface area contributed by atoms with Crippen molar-refractivity contribution in [3.63, 3.8) is 0 Å². The van der Waals surface area contributed by atoms with Crippen LogP contribution in [-0.2, 0) is 22.6 Å². The van der Waals surface area contributed by atoms with Crippen molar-refractivity contribution in [1.29, 1.82) is 0 Å². The highest BCUT2D eigenvalue weighted by atomic mass is 19.4. The van der Waals surface area contributed by atoms with Crippen LogP contribution in [0.15, 0.2) is 36.4 Å². The van der Waals surface area contributed by atoms with Crippen LogP contribution in [0.3, 0.4) is 0 Å². The number of hydrogen-bond acceptors (Lipinski definition) is 2. The zero-order valence-corrected chi connectivity index (χ0v) is 19.0. The van der Waals surface area contributed by atoms with Crippen molar-refractivity contribution in [2.24, 2.45) is 0 Å². The molecule has 2 aromatic carbocycles. The predicted octanol–water partition coefficient (Wildman–Crippen LogP) is 5.66. The number of halogens is 7. The molecule has 3 rings (SSSR count). The fourth-order valence-corrected chi connectivity index (χ4v) is 4.47. The van der Waals surface area contributed by atoms with Gasteiger partial charge in [-0.05, 0) is 67.8 Å². The van der Waals surface area contributed by atoms with Crippen LogP contribution in [0.5, 0.6) is 0 Å². The summed E-state index contributed by atoms with van der Waals surface area (Å²) in [5.41, 5.74) is -3.50. The fraction of sp³-hybridized carbons (Fsp3) is 0.458. The quantitative estimate of drug-likeness (QED) is 0.561. The minimum absolute atomic E-state index is 0.0437. The van der Waals surface area contributed by atoms with E-state index in [1.54, 1.807) is 13.0 Å². The molecule has 1 heterocycles. The Hall–Kier alpha value is -2.62. The Morgan fingerprint density at radius 2 is 1.44 bits per heavy atom. The SMILES string of the molecule is Cc1cc(F)ccc1[C@@H]1CNC[C@H]1N(C)C(=O)C(C)(C)c1cc(C(F)(F)F)cc(C(F)(F)F)c1. The Morgan fingerprint density at radius 3 is 1.94 bits per heavy atom. The predicted molar refractivity (Wildman–Crippen MR) is 113 cm³/mol. The molecule has 34 heavy (non-hydrogen) atoms. The van der Waals surface area contributed by atoms with Crippen LogP contribution in [0.25, 0.3) is 0 Å². The van der Waals surface area contributed by atoms with Gasteiger partial charge in [-0.1, -0.05) is 6.07 Å². The van der Waals surface area contributed by atoms with E-state index in [0.29, 0.717) is 30.8 Å². The summed E-state index contributed by atoms with van der Waals surface area (Å²) in [4.78, 5) is 14.8. The number of aryl methyl sites for hydroxylation is 1. The molecule has 2 atom stereocenters. The van der Waals surface area contributed by atoms with E-state index in [9.17, 15) is 35.5 Å². The second-order valence-electron chi connectivity index (χ2n) is 9.17. The van der Waals surface area contributed by atoms with Crippen LogP contribution in [-0.4, -0.2) is 37.0 Å². The molecule has 3 nitrogen and oxygen atoms in total. The molecule has 0 unspecified atom stereocenters. The molecule has 0 spiro atoms. The lowest BCUT2D eigenvalue weighted by atomic mass is 9.80. The molecule has 1 fully saturated rings. The molecule has 0 radical (unpaired) electrons. The summed E-state index contributed by atoms with van der Waals surface area (Å²) in [5, 5.41) is 3.16. The van der Waals surface area contributed by atoms with E-state index >= 15 is 0 Å². The minimum atomic E-state index is -5.01. The number of amides is 1. The van der Waals surface area contributed by atoms with Crippen LogP contribution < -0.4 is 5.32 Å². The summed E-state index contributed by atoms with van der Waals surface area (Å²) in [7, 11) is 1.48. The summed E-state index contributed by atoms with van der Waals surface area (Å²) in [5.74, 6) is -1.25. The number of hydrogen-bond donors (Lipinski definition) is 1. The number of rotatable bonds is 4. The molecule has 0 bridgehead atoms. The average molecular weight is 490 g/mol. The Kier molecular flexibility index (Phi) is 6.78. The molecular weight excluding hydrogens is 465 g/mol. The molecule has 0 aliphatic carbocycles. The zero-order chi connectivity index (χ0) is 25.6. The van der Waals surface area contributed by atoms with Crippen LogP contribution >= 0.6 is 0 Å². The maximum Gasteiger partial charge on any atom is 0.416 e. The van der Waals surface area contributed by atoms with Gasteiger partial charge in [0.25, 0.3) is 0 Å². The van der Waals surface area contributed by atoms with Gasteiger partial charge < -0.3 is 10.2 Å². The van der Waals surface area contributed by atoms with E-state index < -0.39 is 46.7 Å². The van der Waals surface area contributed by atoms with E-state index in [2.05, 4.69) is 5.32 Å². The summed E-state index contributed by atoms with van der Waals surface area (Å²) < 4.78 is 93.6. The average Bonchev–Trinajstić information content (AvgIpc) is 3.20. The van der Waals surface area contributed by atoms with Gasteiger partial charge in [0.1, 0.15) is 5.82 Å². The molecule has 186 valence electrons. The van der Waals surface area contributed by atoms with Gasteiger partial charge in [0.05, 0.1) is 22.6 Å². The van der Waals surface area contributed by atoms with Gasteiger partial charge in [-0.15, -0.1) is 0 Å². The fourth-order valence-electron chi connectivity index (χ4n) is 4.47. The summed E-state index contributed by atoms with van der Waals surface area (Å²) >= 11 is 0. The molecule has 0 saturated carbocycles. The van der Waals surface area contributed by atoms with Gasteiger partial charge in [0.2, 0.25) is 5.91 Å². The van der Waals surface area contributed by atoms with Gasteiger partial charge in [0.15, 0.2) is 0 Å². The number of benzene rings is 2. The van der Waals surface area contributed by atoms with Crippen LogP contribution in [0.1, 0.15) is 47.6 Å². The maximum atomic E-state index is 13.6. The van der Waals surface area contributed by atoms with E-state index in [0.717, 1.165) is 5.56 Å². The monoisotopic (exact) mass is 490 g/mol. The first-order chi connectivity index (χ1) is 15.5. The maximum absolute atomic E-state index is 13.6. The van der Waals surface area contributed by atoms with Gasteiger partial charge in [-0.25, -0.2) is 4.39 Å². The van der Waals surface area contributed by atoms with Crippen molar-refractivity contribution < 1.29 is 35.5 Å². The highest BCUT2D eigenvalue weighted by Gasteiger charge is 2.43. The number of likely N-dealkylation sites (N-methyl/N-ethyl adjacent to an activating group) is 1. The minimum Gasteiger partial charge on any atom is -0.340 e. The van der Waals surface area contributed by atoms with Crippen molar-refractivity contribution in [2.75, 3.05) is 20.1 Å². The van der Waals surface area contributed by atoms with Crippen molar-refractivity contribution in [1.82, 2.24) is 10.2 Å². The first-order valence-corrected chi connectivity index (χ1v) is 10.6. The lowest BCUT2D eigenvalue weighted by Gasteiger charge is -2.36. The zero-order valence-electron chi connectivity index (χ0n) is 19.0. The lowest BCUT2D eigenvalue weighted by molar-refractivity contribution is -0.144. The second kappa shape index (κ2) is 8.87. The van der Waals surface area contributed by atoms with Gasteiger partial charge in [-0.3, -0.25) is 4.79 Å². The highest BCUT2D eigenvalue weighted by molar-refractivity contribution is 5.87. The van der Waals surface area contributed by atoms with Gasteiger partial charge >= 0.3 is 12.4 Å². The summed E-state index contributed by atoms with van der Waals surface area (Å²) in [6.45, 7) is 5.21. The van der Waals surface area contributed by atoms with Crippen molar-refractivity contribution >= 4 is 5.91 Å². The van der Waals surface area contributed by atoms with E-state index in [1.165, 1.54) is 37.9 Å². The molecule has 1 amide bonds. The Balaban J connectivity index is 1.98. The van der Waals surface area contributed by atoms with Crippen LogP contribution in [0.2, 0.25) is 0 Å². The Labute approximate surface area is 192 Å². The van der Waals surface area contributed by atoms with E-state index in [-0.39, 0.29) is 17.5 Å². The van der Waals surface area contributed by atoms with Crippen molar-refractivity contribution in [3.8, 4) is 0 Å². The molecule has 10 heteroatoms. The second-order valence-corrected chi connectivity index (χ2v) is 9.17. The molecule has 2 aromatic rings. The van der Waals surface area contributed by atoms with Crippen molar-refractivity contribution in [2.45, 2.75) is 50.5 Å². The molecule has 1 saturated heterocycles. The molecule has 1 N–H and O–H groups in total. The molecular formula is C24H25F7N2O.